The van der Waals surface area contributed by atoms with E-state index >= 15 is 0 Å². The number of sulfonamides is 1. The molecule has 1 N–H and O–H groups in total. The monoisotopic (exact) mass is 398 g/mol. The van der Waals surface area contributed by atoms with Crippen molar-refractivity contribution in [1.82, 2.24) is 19.4 Å². The first kappa shape index (κ1) is 19.4. The Morgan fingerprint density at radius 3 is 2.48 bits per heavy atom. The molecule has 1 fully saturated rings. The van der Waals surface area contributed by atoms with Gasteiger partial charge in [-0.15, -0.1) is 0 Å². The predicted molar refractivity (Wildman–Crippen MR) is 93.7 cm³/mol. The van der Waals surface area contributed by atoms with Crippen LogP contribution in [0.1, 0.15) is 28.2 Å². The zero-order valence-corrected chi connectivity index (χ0v) is 15.8. The van der Waals surface area contributed by atoms with E-state index in [4.69, 9.17) is 0 Å². The standard InChI is InChI=1S/C17H20F2N4O3S/c1-11-16(12(2)21-20-11)27(25,26)23-7-3-6-22(8-9-23)17(24)13-4-5-14(18)15(19)10-13/h4-5,10H,3,6-9H2,1-2H3,(H,20,21). The number of hydrogen-bond donors (Lipinski definition) is 1. The first-order valence-electron chi connectivity index (χ1n) is 8.48. The van der Waals surface area contributed by atoms with E-state index < -0.39 is 27.6 Å². The fourth-order valence-corrected chi connectivity index (χ4v) is 5.00. The molecule has 0 saturated carbocycles. The quantitative estimate of drug-likeness (QED) is 0.855. The van der Waals surface area contributed by atoms with E-state index in [1.165, 1.54) is 15.3 Å². The Morgan fingerprint density at radius 2 is 1.85 bits per heavy atom. The summed E-state index contributed by atoms with van der Waals surface area (Å²) in [6.45, 7) is 4.12. The van der Waals surface area contributed by atoms with Gasteiger partial charge in [0, 0.05) is 31.7 Å². The third-order valence-corrected chi connectivity index (χ3v) is 6.73. The van der Waals surface area contributed by atoms with Crippen molar-refractivity contribution in [3.05, 3.63) is 46.8 Å². The second kappa shape index (κ2) is 7.35. The Kier molecular flexibility index (Phi) is 5.29. The van der Waals surface area contributed by atoms with Crippen molar-refractivity contribution in [3.8, 4) is 0 Å². The fourth-order valence-electron chi connectivity index (χ4n) is 3.20. The molecular weight excluding hydrogens is 378 g/mol. The molecule has 1 aliphatic rings. The molecular formula is C17H20F2N4O3S. The number of H-pyrrole nitrogens is 1. The number of nitrogens with zero attached hydrogens (tertiary/aromatic N) is 3. The first-order chi connectivity index (χ1) is 12.7. The summed E-state index contributed by atoms with van der Waals surface area (Å²) < 4.78 is 53.7. The van der Waals surface area contributed by atoms with Crippen LogP contribution in [0, 0.1) is 25.5 Å². The van der Waals surface area contributed by atoms with Gasteiger partial charge in [-0.1, -0.05) is 0 Å². The molecule has 0 unspecified atom stereocenters. The second-order valence-corrected chi connectivity index (χ2v) is 8.32. The lowest BCUT2D eigenvalue weighted by atomic mass is 10.2. The highest BCUT2D eigenvalue weighted by molar-refractivity contribution is 7.89. The number of carbonyl (C=O) groups excluding carboxylic acids is 1. The van der Waals surface area contributed by atoms with Crippen LogP contribution >= 0.6 is 0 Å². The van der Waals surface area contributed by atoms with Crippen LogP contribution in [-0.4, -0.2) is 59.9 Å². The molecule has 3 rings (SSSR count). The molecule has 1 aromatic heterocycles. The lowest BCUT2D eigenvalue weighted by molar-refractivity contribution is 0.0763. The van der Waals surface area contributed by atoms with Crippen molar-refractivity contribution in [2.24, 2.45) is 0 Å². The van der Waals surface area contributed by atoms with Crippen LogP contribution in [0.15, 0.2) is 23.1 Å². The van der Waals surface area contributed by atoms with Gasteiger partial charge in [0.25, 0.3) is 5.91 Å². The average molecular weight is 398 g/mol. The van der Waals surface area contributed by atoms with Gasteiger partial charge in [-0.3, -0.25) is 9.89 Å². The summed E-state index contributed by atoms with van der Waals surface area (Å²) in [7, 11) is -3.74. The molecule has 0 spiro atoms. The van der Waals surface area contributed by atoms with Crippen molar-refractivity contribution in [2.45, 2.75) is 25.2 Å². The molecule has 0 aliphatic carbocycles. The topological polar surface area (TPSA) is 86.4 Å². The third kappa shape index (κ3) is 3.72. The van der Waals surface area contributed by atoms with Gasteiger partial charge >= 0.3 is 0 Å². The highest BCUT2D eigenvalue weighted by Gasteiger charge is 2.32. The van der Waals surface area contributed by atoms with Crippen molar-refractivity contribution >= 4 is 15.9 Å². The summed E-state index contributed by atoms with van der Waals surface area (Å²) >= 11 is 0. The highest BCUT2D eigenvalue weighted by atomic mass is 32.2. The fraction of sp³-hybridized carbons (Fsp3) is 0.412. The molecule has 2 aromatic rings. The molecule has 7 nitrogen and oxygen atoms in total. The lowest BCUT2D eigenvalue weighted by Gasteiger charge is -2.22. The highest BCUT2D eigenvalue weighted by Crippen LogP contribution is 2.23. The minimum atomic E-state index is -3.74. The molecule has 27 heavy (non-hydrogen) atoms. The summed E-state index contributed by atoms with van der Waals surface area (Å²) in [6.07, 6.45) is 0.435. The van der Waals surface area contributed by atoms with Crippen molar-refractivity contribution in [2.75, 3.05) is 26.2 Å². The van der Waals surface area contributed by atoms with Gasteiger partial charge < -0.3 is 4.90 Å². The molecule has 0 radical (unpaired) electrons. The van der Waals surface area contributed by atoms with Crippen molar-refractivity contribution < 1.29 is 22.0 Å². The maximum absolute atomic E-state index is 13.4. The molecule has 146 valence electrons. The Bertz CT molecular complexity index is 955. The van der Waals surface area contributed by atoms with E-state index in [1.807, 2.05) is 0 Å². The van der Waals surface area contributed by atoms with E-state index in [0.717, 1.165) is 12.1 Å². The molecule has 10 heteroatoms. The van der Waals surface area contributed by atoms with Gasteiger partial charge in [-0.05, 0) is 38.5 Å². The summed E-state index contributed by atoms with van der Waals surface area (Å²) in [5, 5.41) is 6.61. The van der Waals surface area contributed by atoms with Crippen molar-refractivity contribution in [1.29, 1.82) is 0 Å². The lowest BCUT2D eigenvalue weighted by Crippen LogP contribution is -2.37. The van der Waals surface area contributed by atoms with E-state index in [9.17, 15) is 22.0 Å². The number of hydrogen-bond acceptors (Lipinski definition) is 4. The number of aryl methyl sites for hydroxylation is 2. The summed E-state index contributed by atoms with van der Waals surface area (Å²) in [5.41, 5.74) is 0.893. The van der Waals surface area contributed by atoms with Gasteiger partial charge in [0.05, 0.1) is 11.4 Å². The normalized spacial score (nSPS) is 16.4. The molecule has 0 atom stereocenters. The minimum Gasteiger partial charge on any atom is -0.337 e. The van der Waals surface area contributed by atoms with Gasteiger partial charge in [-0.2, -0.15) is 9.40 Å². The SMILES string of the molecule is Cc1n[nH]c(C)c1S(=O)(=O)N1CCCN(C(=O)c2ccc(F)c(F)c2)CC1. The average Bonchev–Trinajstić information content (AvgIpc) is 2.83. The molecule has 2 heterocycles. The van der Waals surface area contributed by atoms with E-state index in [0.29, 0.717) is 24.4 Å². The van der Waals surface area contributed by atoms with Crippen LogP contribution < -0.4 is 0 Å². The Hall–Kier alpha value is -2.33. The number of nitrogens with one attached hydrogen (secondary N) is 1. The zero-order valence-electron chi connectivity index (χ0n) is 15.0. The number of rotatable bonds is 3. The second-order valence-electron chi connectivity index (χ2n) is 6.44. The number of halogens is 2. The van der Waals surface area contributed by atoms with E-state index in [-0.39, 0.29) is 30.1 Å². The predicted octanol–water partition coefficient (Wildman–Crippen LogP) is 1.84. The number of benzene rings is 1. The molecule has 1 saturated heterocycles. The summed E-state index contributed by atoms with van der Waals surface area (Å²) in [4.78, 5) is 14.2. The maximum atomic E-state index is 13.4. The van der Waals surface area contributed by atoms with Gasteiger partial charge in [-0.25, -0.2) is 17.2 Å². The zero-order chi connectivity index (χ0) is 19.8. The largest absolute Gasteiger partial charge is 0.337 e. The molecule has 1 aromatic carbocycles. The van der Waals surface area contributed by atoms with Crippen LogP contribution in [0.25, 0.3) is 0 Å². The van der Waals surface area contributed by atoms with Gasteiger partial charge in [0.1, 0.15) is 4.90 Å². The van der Waals surface area contributed by atoms with Crippen LogP contribution in [0.5, 0.6) is 0 Å². The Balaban J connectivity index is 1.77. The first-order valence-corrected chi connectivity index (χ1v) is 9.92. The van der Waals surface area contributed by atoms with Crippen LogP contribution in [-0.2, 0) is 10.0 Å². The minimum absolute atomic E-state index is 0.0340. The van der Waals surface area contributed by atoms with Gasteiger partial charge in [0.15, 0.2) is 11.6 Å². The molecule has 0 bridgehead atoms. The maximum Gasteiger partial charge on any atom is 0.254 e. The summed E-state index contributed by atoms with van der Waals surface area (Å²) in [6, 6.07) is 2.98. The molecule has 1 aliphatic heterocycles. The summed E-state index contributed by atoms with van der Waals surface area (Å²) in [5.74, 6) is -2.57. The van der Waals surface area contributed by atoms with Crippen LogP contribution in [0.2, 0.25) is 0 Å². The number of aromatic amines is 1. The molecule has 1 amide bonds. The van der Waals surface area contributed by atoms with Crippen LogP contribution in [0.3, 0.4) is 0 Å². The Morgan fingerprint density at radius 1 is 1.11 bits per heavy atom. The van der Waals surface area contributed by atoms with Crippen molar-refractivity contribution in [3.63, 3.8) is 0 Å². The smallest absolute Gasteiger partial charge is 0.254 e. The number of aromatic nitrogens is 2. The van der Waals surface area contributed by atoms with E-state index in [2.05, 4.69) is 10.2 Å². The Labute approximate surface area is 156 Å². The number of carbonyl (C=O) groups is 1. The van der Waals surface area contributed by atoms with Gasteiger partial charge in [0.2, 0.25) is 10.0 Å². The number of amides is 1. The third-order valence-electron chi connectivity index (χ3n) is 4.57. The van der Waals surface area contributed by atoms with E-state index in [1.54, 1.807) is 13.8 Å². The van der Waals surface area contributed by atoms with Crippen LogP contribution in [0.4, 0.5) is 8.78 Å².